The lowest BCUT2D eigenvalue weighted by molar-refractivity contribution is -0.144. The van der Waals surface area contributed by atoms with Crippen LogP contribution in [0.15, 0.2) is 48.8 Å². The molecule has 1 saturated carbocycles. The molecule has 0 radical (unpaired) electrons. The zero-order valence-electron chi connectivity index (χ0n) is 22.1. The van der Waals surface area contributed by atoms with E-state index in [0.717, 1.165) is 40.9 Å². The van der Waals surface area contributed by atoms with E-state index in [0.29, 0.717) is 29.7 Å². The summed E-state index contributed by atoms with van der Waals surface area (Å²) >= 11 is 0. The van der Waals surface area contributed by atoms with Gasteiger partial charge in [-0.2, -0.15) is 5.10 Å². The second-order valence-electron chi connectivity index (χ2n) is 11.2. The number of hydrogen-bond donors (Lipinski definition) is 0. The first kappa shape index (κ1) is 24.8. The molecule has 7 rings (SSSR count). The van der Waals surface area contributed by atoms with Gasteiger partial charge in [-0.1, -0.05) is 18.2 Å². The van der Waals surface area contributed by atoms with Crippen LogP contribution in [0, 0.1) is 11.7 Å². The summed E-state index contributed by atoms with van der Waals surface area (Å²) in [6.45, 7) is -0.00430. The Hall–Kier alpha value is -4.21. The zero-order chi connectivity index (χ0) is 27.6. The molecule has 4 aliphatic rings. The first-order valence-electron chi connectivity index (χ1n) is 13.7. The number of rotatable bonds is 4. The molecule has 1 aromatic heterocycles. The average Bonchev–Trinajstić information content (AvgIpc) is 3.68. The normalized spacial score (nSPS) is 23.9. The van der Waals surface area contributed by atoms with Crippen molar-refractivity contribution in [3.63, 3.8) is 0 Å². The minimum Gasteiger partial charge on any atom is -0.491 e. The van der Waals surface area contributed by atoms with E-state index in [9.17, 15) is 18.8 Å². The van der Waals surface area contributed by atoms with Gasteiger partial charge in [0.2, 0.25) is 11.5 Å². The number of amides is 3. The van der Waals surface area contributed by atoms with Crippen molar-refractivity contribution in [2.45, 2.75) is 50.3 Å². The van der Waals surface area contributed by atoms with Crippen LogP contribution in [-0.2, 0) is 39.9 Å². The van der Waals surface area contributed by atoms with Crippen molar-refractivity contribution >= 4 is 17.9 Å². The van der Waals surface area contributed by atoms with Crippen LogP contribution in [0.2, 0.25) is 0 Å². The molecule has 2 aromatic carbocycles. The standard InChI is InChI=1S/C30H29FN4O5/c1-33-14-22(13-32-33)19-6-8-24-20(11-19)3-2-10-30(24)28(37)35(29(38)40-30)16-27(36)34-15-21-12-23(31)7-9-26(21)39-17-25(34)18-4-5-18/h6-9,11-14,18,25H,2-5,10,15-17H2,1H3/t25-,30-/m0/s1. The van der Waals surface area contributed by atoms with Crippen LogP contribution in [0.1, 0.15) is 42.4 Å². The van der Waals surface area contributed by atoms with Gasteiger partial charge < -0.3 is 14.4 Å². The highest BCUT2D eigenvalue weighted by Crippen LogP contribution is 2.45. The number of halogens is 1. The highest BCUT2D eigenvalue weighted by Gasteiger charge is 2.57. The quantitative estimate of drug-likeness (QED) is 0.494. The van der Waals surface area contributed by atoms with Gasteiger partial charge in [-0.3, -0.25) is 14.3 Å². The molecule has 3 heterocycles. The Kier molecular flexibility index (Phi) is 5.69. The van der Waals surface area contributed by atoms with E-state index in [1.165, 1.54) is 12.1 Å². The number of fused-ring (bicyclic) bond motifs is 3. The van der Waals surface area contributed by atoms with Crippen LogP contribution in [0.3, 0.4) is 0 Å². The van der Waals surface area contributed by atoms with E-state index in [-0.39, 0.29) is 31.0 Å². The Bertz CT molecular complexity index is 1550. The zero-order valence-corrected chi connectivity index (χ0v) is 22.1. The molecule has 3 amide bonds. The van der Waals surface area contributed by atoms with E-state index in [1.54, 1.807) is 21.8 Å². The second kappa shape index (κ2) is 9.18. The lowest BCUT2D eigenvalue weighted by atomic mass is 9.77. The van der Waals surface area contributed by atoms with E-state index in [2.05, 4.69) is 5.10 Å². The number of aromatic nitrogens is 2. The van der Waals surface area contributed by atoms with Crippen molar-refractivity contribution in [2.24, 2.45) is 13.0 Å². The van der Waals surface area contributed by atoms with Gasteiger partial charge in [0.15, 0.2) is 0 Å². The van der Waals surface area contributed by atoms with E-state index >= 15 is 0 Å². The summed E-state index contributed by atoms with van der Waals surface area (Å²) in [5, 5.41) is 4.24. The van der Waals surface area contributed by atoms with E-state index in [4.69, 9.17) is 9.47 Å². The number of nitrogens with zero attached hydrogens (tertiary/aromatic N) is 4. The van der Waals surface area contributed by atoms with Gasteiger partial charge in [-0.15, -0.1) is 0 Å². The first-order chi connectivity index (χ1) is 19.3. The molecule has 2 aliphatic heterocycles. The maximum atomic E-state index is 14.0. The average molecular weight is 545 g/mol. The van der Waals surface area contributed by atoms with Gasteiger partial charge in [0, 0.05) is 42.9 Å². The fourth-order valence-electron chi connectivity index (χ4n) is 6.37. The topological polar surface area (TPSA) is 94.0 Å². The molecular formula is C30H29FN4O5. The molecule has 3 aromatic rings. The smallest absolute Gasteiger partial charge is 0.418 e. The van der Waals surface area contributed by atoms with Crippen LogP contribution < -0.4 is 4.74 Å². The Morgan fingerprint density at radius 3 is 2.75 bits per heavy atom. The molecule has 40 heavy (non-hydrogen) atoms. The van der Waals surface area contributed by atoms with Crippen LogP contribution in [0.5, 0.6) is 5.75 Å². The summed E-state index contributed by atoms with van der Waals surface area (Å²) in [5.41, 5.74) is 2.67. The lowest BCUT2D eigenvalue weighted by Crippen LogP contribution is -2.49. The summed E-state index contributed by atoms with van der Waals surface area (Å²) < 4.78 is 27.5. The number of carbonyl (C=O) groups excluding carboxylic acids is 3. The third kappa shape index (κ3) is 4.04. The molecule has 9 nitrogen and oxygen atoms in total. The SMILES string of the molecule is Cn1cc(-c2ccc3c(c2)CCC[C@]32OC(=O)N(CC(=O)N3Cc4cc(F)ccc4OC[C@H]3C3CC3)C2=O)cn1. The number of aryl methyl sites for hydroxylation is 2. The van der Waals surface area contributed by atoms with Gasteiger partial charge in [0.05, 0.1) is 12.2 Å². The summed E-state index contributed by atoms with van der Waals surface area (Å²) in [6.07, 6.45) is 6.59. The van der Waals surface area contributed by atoms with Crippen molar-refractivity contribution < 1.29 is 28.2 Å². The third-order valence-electron chi connectivity index (χ3n) is 8.58. The predicted octanol–water partition coefficient (Wildman–Crippen LogP) is 3.94. The van der Waals surface area contributed by atoms with Gasteiger partial charge in [-0.05, 0) is 60.9 Å². The maximum absolute atomic E-state index is 14.0. The maximum Gasteiger partial charge on any atom is 0.418 e. The Labute approximate surface area is 230 Å². The van der Waals surface area contributed by atoms with Gasteiger partial charge >= 0.3 is 6.09 Å². The fraction of sp³-hybridized carbons (Fsp3) is 0.400. The summed E-state index contributed by atoms with van der Waals surface area (Å²) in [4.78, 5) is 43.3. The second-order valence-corrected chi connectivity index (χ2v) is 11.2. The molecule has 0 bridgehead atoms. The van der Waals surface area contributed by atoms with Crippen molar-refractivity contribution in [3.8, 4) is 16.9 Å². The molecule has 2 aliphatic carbocycles. The predicted molar refractivity (Wildman–Crippen MR) is 140 cm³/mol. The fourth-order valence-corrected chi connectivity index (χ4v) is 6.37. The van der Waals surface area contributed by atoms with E-state index < -0.39 is 30.0 Å². The van der Waals surface area contributed by atoms with Crippen molar-refractivity contribution in [3.05, 3.63) is 71.3 Å². The minimum atomic E-state index is -1.44. The minimum absolute atomic E-state index is 0.148. The molecule has 0 unspecified atom stereocenters. The third-order valence-corrected chi connectivity index (χ3v) is 8.58. The summed E-state index contributed by atoms with van der Waals surface area (Å²) in [5.74, 6) is -0.496. The molecule has 2 fully saturated rings. The van der Waals surface area contributed by atoms with Gasteiger partial charge in [-0.25, -0.2) is 14.1 Å². The Morgan fingerprint density at radius 1 is 1.12 bits per heavy atom. The van der Waals surface area contributed by atoms with Crippen LogP contribution >= 0.6 is 0 Å². The summed E-state index contributed by atoms with van der Waals surface area (Å²) in [7, 11) is 1.85. The molecule has 1 spiro atoms. The molecule has 206 valence electrons. The number of imide groups is 1. The molecular weight excluding hydrogens is 515 g/mol. The highest BCUT2D eigenvalue weighted by molar-refractivity contribution is 6.06. The monoisotopic (exact) mass is 544 g/mol. The van der Waals surface area contributed by atoms with Crippen LogP contribution in [0.4, 0.5) is 9.18 Å². The lowest BCUT2D eigenvalue weighted by Gasteiger charge is -2.32. The molecule has 0 N–H and O–H groups in total. The summed E-state index contributed by atoms with van der Waals surface area (Å²) in [6, 6.07) is 9.85. The Balaban J connectivity index is 1.16. The van der Waals surface area contributed by atoms with Gasteiger partial charge in [0.1, 0.15) is 24.7 Å². The molecule has 1 saturated heterocycles. The Morgan fingerprint density at radius 2 is 1.98 bits per heavy atom. The van der Waals surface area contributed by atoms with Crippen molar-refractivity contribution in [1.82, 2.24) is 19.6 Å². The van der Waals surface area contributed by atoms with Gasteiger partial charge in [0.25, 0.3) is 5.91 Å². The van der Waals surface area contributed by atoms with Crippen LogP contribution in [0.25, 0.3) is 11.1 Å². The molecule has 10 heteroatoms. The number of benzene rings is 2. The number of carbonyl (C=O) groups is 3. The van der Waals surface area contributed by atoms with Crippen molar-refractivity contribution in [1.29, 1.82) is 0 Å². The van der Waals surface area contributed by atoms with Crippen LogP contribution in [-0.4, -0.2) is 56.7 Å². The molecule has 2 atom stereocenters. The van der Waals surface area contributed by atoms with E-state index in [1.807, 2.05) is 31.4 Å². The first-order valence-corrected chi connectivity index (χ1v) is 13.7. The largest absolute Gasteiger partial charge is 0.491 e. The number of hydrogen-bond acceptors (Lipinski definition) is 6. The number of ether oxygens (including phenoxy) is 2. The van der Waals surface area contributed by atoms with Crippen molar-refractivity contribution in [2.75, 3.05) is 13.2 Å². The highest BCUT2D eigenvalue weighted by atomic mass is 19.1.